The van der Waals surface area contributed by atoms with Crippen LogP contribution in [0.3, 0.4) is 0 Å². The van der Waals surface area contributed by atoms with Crippen molar-refractivity contribution in [1.29, 1.82) is 0 Å². The number of nitrogens with one attached hydrogen (secondary N) is 1. The number of carboxylic acid groups (broad SMARTS) is 1. The zero-order valence-corrected chi connectivity index (χ0v) is 10.9. The SMILES string of the molecule is CC.CC1(C)CC(C(=O)O)c2ccccc2N1. The Morgan fingerprint density at radius 2 is 1.94 bits per heavy atom. The van der Waals surface area contributed by atoms with Crippen LogP contribution in [0.1, 0.15) is 45.6 Å². The van der Waals surface area contributed by atoms with Crippen molar-refractivity contribution in [2.75, 3.05) is 5.32 Å². The fourth-order valence-electron chi connectivity index (χ4n) is 2.17. The summed E-state index contributed by atoms with van der Waals surface area (Å²) in [5.74, 6) is -1.13. The number of carboxylic acids is 1. The lowest BCUT2D eigenvalue weighted by Crippen LogP contribution is -2.39. The smallest absolute Gasteiger partial charge is 0.311 e. The molecular formula is C14H21NO2. The summed E-state index contributed by atoms with van der Waals surface area (Å²) in [4.78, 5) is 11.2. The minimum absolute atomic E-state index is 0.155. The first-order valence-corrected chi connectivity index (χ1v) is 6.09. The Kier molecular flexibility index (Phi) is 4.16. The van der Waals surface area contributed by atoms with Gasteiger partial charge in [-0.05, 0) is 31.9 Å². The molecule has 1 unspecified atom stereocenters. The van der Waals surface area contributed by atoms with Crippen molar-refractivity contribution < 1.29 is 9.90 Å². The summed E-state index contributed by atoms with van der Waals surface area (Å²) in [6.07, 6.45) is 0.624. The molecule has 3 heteroatoms. The van der Waals surface area contributed by atoms with E-state index in [1.54, 1.807) is 0 Å². The van der Waals surface area contributed by atoms with E-state index in [0.717, 1.165) is 11.3 Å². The van der Waals surface area contributed by atoms with E-state index in [1.165, 1.54) is 0 Å². The Morgan fingerprint density at radius 3 is 2.53 bits per heavy atom. The molecule has 2 rings (SSSR count). The molecule has 2 N–H and O–H groups in total. The number of aliphatic carboxylic acids is 1. The van der Waals surface area contributed by atoms with Gasteiger partial charge >= 0.3 is 5.97 Å². The zero-order chi connectivity index (χ0) is 13.1. The van der Waals surface area contributed by atoms with Gasteiger partial charge in [0.2, 0.25) is 0 Å². The molecule has 1 atom stereocenters. The molecule has 0 amide bonds. The molecule has 0 saturated carbocycles. The highest BCUT2D eigenvalue weighted by molar-refractivity contribution is 5.80. The Bertz CT molecular complexity index is 399. The Balaban J connectivity index is 0.000000686. The molecule has 17 heavy (non-hydrogen) atoms. The van der Waals surface area contributed by atoms with Crippen LogP contribution >= 0.6 is 0 Å². The number of anilines is 1. The van der Waals surface area contributed by atoms with Gasteiger partial charge in [-0.25, -0.2) is 0 Å². The third-order valence-corrected chi connectivity index (χ3v) is 2.82. The largest absolute Gasteiger partial charge is 0.481 e. The fourth-order valence-corrected chi connectivity index (χ4v) is 2.17. The molecule has 1 aromatic carbocycles. The fraction of sp³-hybridized carbons (Fsp3) is 0.500. The molecule has 1 aromatic rings. The van der Waals surface area contributed by atoms with Crippen LogP contribution in [0.5, 0.6) is 0 Å². The second-order valence-electron chi connectivity index (χ2n) is 4.69. The maximum absolute atomic E-state index is 11.2. The van der Waals surface area contributed by atoms with Gasteiger partial charge < -0.3 is 10.4 Å². The van der Waals surface area contributed by atoms with Crippen LogP contribution in [0.2, 0.25) is 0 Å². The lowest BCUT2D eigenvalue weighted by atomic mass is 9.81. The Hall–Kier alpha value is -1.51. The maximum Gasteiger partial charge on any atom is 0.311 e. The lowest BCUT2D eigenvalue weighted by molar-refractivity contribution is -0.139. The highest BCUT2D eigenvalue weighted by Gasteiger charge is 2.35. The quantitative estimate of drug-likeness (QED) is 0.783. The molecule has 94 valence electrons. The third-order valence-electron chi connectivity index (χ3n) is 2.82. The molecule has 0 saturated heterocycles. The average molecular weight is 235 g/mol. The third kappa shape index (κ3) is 2.99. The number of fused-ring (bicyclic) bond motifs is 1. The van der Waals surface area contributed by atoms with Gasteiger partial charge in [0.15, 0.2) is 0 Å². The number of para-hydroxylation sites is 1. The normalized spacial score (nSPS) is 20.4. The molecule has 0 aromatic heterocycles. The molecule has 1 aliphatic rings. The predicted octanol–water partition coefficient (Wildman–Crippen LogP) is 3.48. The van der Waals surface area contributed by atoms with Crippen molar-refractivity contribution in [2.24, 2.45) is 0 Å². The van der Waals surface area contributed by atoms with Crippen molar-refractivity contribution in [1.82, 2.24) is 0 Å². The molecule has 0 radical (unpaired) electrons. The Morgan fingerprint density at radius 1 is 1.35 bits per heavy atom. The van der Waals surface area contributed by atoms with E-state index >= 15 is 0 Å². The van der Waals surface area contributed by atoms with E-state index in [1.807, 2.05) is 52.0 Å². The van der Waals surface area contributed by atoms with Gasteiger partial charge in [0.25, 0.3) is 0 Å². The molecular weight excluding hydrogens is 214 g/mol. The monoisotopic (exact) mass is 235 g/mol. The summed E-state index contributed by atoms with van der Waals surface area (Å²) in [5, 5.41) is 12.5. The van der Waals surface area contributed by atoms with E-state index in [-0.39, 0.29) is 5.54 Å². The number of rotatable bonds is 1. The van der Waals surface area contributed by atoms with Crippen molar-refractivity contribution in [3.05, 3.63) is 29.8 Å². The van der Waals surface area contributed by atoms with E-state index in [0.29, 0.717) is 6.42 Å². The number of hydrogen-bond donors (Lipinski definition) is 2. The summed E-state index contributed by atoms with van der Waals surface area (Å²) >= 11 is 0. The van der Waals surface area contributed by atoms with Gasteiger partial charge in [0, 0.05) is 11.2 Å². The van der Waals surface area contributed by atoms with Crippen LogP contribution in [-0.4, -0.2) is 16.6 Å². The van der Waals surface area contributed by atoms with Gasteiger partial charge in [-0.1, -0.05) is 32.0 Å². The molecule has 1 aliphatic heterocycles. The predicted molar refractivity (Wildman–Crippen MR) is 70.5 cm³/mol. The number of carbonyl (C=O) groups is 1. The zero-order valence-electron chi connectivity index (χ0n) is 10.9. The van der Waals surface area contributed by atoms with E-state index in [9.17, 15) is 9.90 Å². The van der Waals surface area contributed by atoms with Gasteiger partial charge in [0.05, 0.1) is 5.92 Å². The van der Waals surface area contributed by atoms with Crippen LogP contribution in [-0.2, 0) is 4.79 Å². The first-order valence-electron chi connectivity index (χ1n) is 6.09. The highest BCUT2D eigenvalue weighted by atomic mass is 16.4. The molecule has 3 nitrogen and oxygen atoms in total. The highest BCUT2D eigenvalue weighted by Crippen LogP contribution is 2.38. The number of hydrogen-bond acceptors (Lipinski definition) is 2. The molecule has 0 bridgehead atoms. The van der Waals surface area contributed by atoms with Gasteiger partial charge in [-0.3, -0.25) is 4.79 Å². The van der Waals surface area contributed by atoms with Crippen LogP contribution in [0.4, 0.5) is 5.69 Å². The summed E-state index contributed by atoms with van der Waals surface area (Å²) in [6.45, 7) is 8.05. The number of benzene rings is 1. The summed E-state index contributed by atoms with van der Waals surface area (Å²) in [7, 11) is 0. The summed E-state index contributed by atoms with van der Waals surface area (Å²) in [6, 6.07) is 7.63. The van der Waals surface area contributed by atoms with Gasteiger partial charge in [0.1, 0.15) is 0 Å². The Labute approximate surface area is 103 Å². The molecule has 0 spiro atoms. The second-order valence-corrected chi connectivity index (χ2v) is 4.69. The van der Waals surface area contributed by atoms with Gasteiger partial charge in [-0.15, -0.1) is 0 Å². The van der Waals surface area contributed by atoms with E-state index in [2.05, 4.69) is 5.32 Å². The van der Waals surface area contributed by atoms with Gasteiger partial charge in [-0.2, -0.15) is 0 Å². The van der Waals surface area contributed by atoms with Crippen LogP contribution in [0.25, 0.3) is 0 Å². The summed E-state index contributed by atoms with van der Waals surface area (Å²) < 4.78 is 0. The van der Waals surface area contributed by atoms with Crippen molar-refractivity contribution in [2.45, 2.75) is 45.6 Å². The average Bonchev–Trinajstić information content (AvgIpc) is 2.29. The molecule has 1 heterocycles. The molecule has 0 aliphatic carbocycles. The molecule has 0 fully saturated rings. The lowest BCUT2D eigenvalue weighted by Gasteiger charge is -2.37. The minimum Gasteiger partial charge on any atom is -0.481 e. The van der Waals surface area contributed by atoms with E-state index in [4.69, 9.17) is 0 Å². The first-order chi connectivity index (χ1) is 7.99. The van der Waals surface area contributed by atoms with E-state index < -0.39 is 11.9 Å². The van der Waals surface area contributed by atoms with Crippen LogP contribution in [0.15, 0.2) is 24.3 Å². The standard InChI is InChI=1S/C12H15NO2.C2H6/c1-12(2)7-9(11(14)15)8-5-3-4-6-10(8)13-12;1-2/h3-6,9,13H,7H2,1-2H3,(H,14,15);1-2H3. The van der Waals surface area contributed by atoms with Crippen molar-refractivity contribution in [3.8, 4) is 0 Å². The van der Waals surface area contributed by atoms with Crippen LogP contribution < -0.4 is 5.32 Å². The first kappa shape index (κ1) is 13.6. The minimum atomic E-state index is -0.739. The topological polar surface area (TPSA) is 49.3 Å². The van der Waals surface area contributed by atoms with Crippen molar-refractivity contribution in [3.63, 3.8) is 0 Å². The second kappa shape index (κ2) is 5.21. The summed E-state index contributed by atoms with van der Waals surface area (Å²) in [5.41, 5.74) is 1.68. The van der Waals surface area contributed by atoms with Crippen LogP contribution in [0, 0.1) is 0 Å². The van der Waals surface area contributed by atoms with Crippen molar-refractivity contribution >= 4 is 11.7 Å². The maximum atomic E-state index is 11.2.